The highest BCUT2D eigenvalue weighted by Crippen LogP contribution is 2.29. The molecule has 0 aliphatic heterocycles. The molecule has 0 saturated heterocycles. The van der Waals surface area contributed by atoms with Gasteiger partial charge in [-0.05, 0) is 42.7 Å². The van der Waals surface area contributed by atoms with Crippen molar-refractivity contribution in [1.82, 2.24) is 14.7 Å². The summed E-state index contributed by atoms with van der Waals surface area (Å²) in [7, 11) is 0. The van der Waals surface area contributed by atoms with Crippen molar-refractivity contribution in [2.75, 3.05) is 23.7 Å². The molecule has 8 heteroatoms. The molecule has 3 amide bonds. The lowest BCUT2D eigenvalue weighted by molar-refractivity contribution is -0.116. The highest BCUT2D eigenvalue weighted by molar-refractivity contribution is 6.32. The molecule has 0 unspecified atom stereocenters. The van der Waals surface area contributed by atoms with E-state index >= 15 is 0 Å². The number of benzene rings is 2. The summed E-state index contributed by atoms with van der Waals surface area (Å²) in [5.41, 5.74) is 3.12. The molecule has 0 spiro atoms. The molecule has 2 aromatic carbocycles. The first-order chi connectivity index (χ1) is 16.5. The molecule has 0 fully saturated rings. The van der Waals surface area contributed by atoms with Gasteiger partial charge in [-0.2, -0.15) is 5.10 Å². The zero-order valence-electron chi connectivity index (χ0n) is 21.2. The van der Waals surface area contributed by atoms with Crippen molar-refractivity contribution in [3.8, 4) is 5.69 Å². The number of para-hydroxylation sites is 1. The summed E-state index contributed by atoms with van der Waals surface area (Å²) in [4.78, 5) is 27.2. The van der Waals surface area contributed by atoms with Crippen LogP contribution in [0.15, 0.2) is 54.6 Å². The first-order valence-corrected chi connectivity index (χ1v) is 12.2. The Morgan fingerprint density at radius 2 is 1.71 bits per heavy atom. The summed E-state index contributed by atoms with van der Waals surface area (Å²) in [6.45, 7) is 12.5. The molecule has 1 aromatic heterocycles. The number of carbonyl (C=O) groups is 2. The van der Waals surface area contributed by atoms with E-state index in [0.717, 1.165) is 5.69 Å². The lowest BCUT2D eigenvalue weighted by Crippen LogP contribution is -2.40. The van der Waals surface area contributed by atoms with Gasteiger partial charge >= 0.3 is 6.03 Å². The van der Waals surface area contributed by atoms with Gasteiger partial charge in [0, 0.05) is 23.7 Å². The van der Waals surface area contributed by atoms with Crippen LogP contribution in [0.1, 0.15) is 58.7 Å². The average Bonchev–Trinajstić information content (AvgIpc) is 3.22. The molecule has 3 rings (SSSR count). The fraction of sp³-hybridized carbons (Fsp3) is 0.370. The van der Waals surface area contributed by atoms with Crippen LogP contribution in [0.4, 0.5) is 16.3 Å². The lowest BCUT2D eigenvalue weighted by Gasteiger charge is -2.21. The minimum absolute atomic E-state index is 0.106. The third-order valence-electron chi connectivity index (χ3n) is 5.66. The van der Waals surface area contributed by atoms with Gasteiger partial charge in [0.2, 0.25) is 5.91 Å². The van der Waals surface area contributed by atoms with E-state index in [0.29, 0.717) is 34.7 Å². The molecule has 2 N–H and O–H groups in total. The van der Waals surface area contributed by atoms with E-state index in [1.165, 1.54) is 10.5 Å². The van der Waals surface area contributed by atoms with Crippen molar-refractivity contribution in [1.29, 1.82) is 0 Å². The number of urea groups is 1. The predicted molar refractivity (Wildman–Crippen MR) is 143 cm³/mol. The molecule has 0 radical (unpaired) electrons. The highest BCUT2D eigenvalue weighted by atomic mass is 35.5. The number of halogens is 1. The van der Waals surface area contributed by atoms with Gasteiger partial charge in [0.15, 0.2) is 0 Å². The van der Waals surface area contributed by atoms with Crippen molar-refractivity contribution in [3.05, 3.63) is 70.9 Å². The Bertz CT molecular complexity index is 1180. The number of nitrogens with one attached hydrogen (secondary N) is 2. The van der Waals surface area contributed by atoms with Crippen molar-refractivity contribution in [2.45, 2.75) is 52.9 Å². The smallest absolute Gasteiger partial charge is 0.315 e. The highest BCUT2D eigenvalue weighted by Gasteiger charge is 2.23. The first-order valence-electron chi connectivity index (χ1n) is 11.8. The molecule has 1 heterocycles. The van der Waals surface area contributed by atoms with Crippen molar-refractivity contribution in [2.24, 2.45) is 0 Å². The topological polar surface area (TPSA) is 79.3 Å². The largest absolute Gasteiger partial charge is 0.322 e. The van der Waals surface area contributed by atoms with Crippen LogP contribution in [0.5, 0.6) is 0 Å². The van der Waals surface area contributed by atoms with E-state index in [2.05, 4.69) is 45.3 Å². The quantitative estimate of drug-likeness (QED) is 0.396. The third-order valence-corrected chi connectivity index (χ3v) is 5.98. The number of hydrogen-bond acceptors (Lipinski definition) is 3. The third kappa shape index (κ3) is 6.63. The van der Waals surface area contributed by atoms with Crippen LogP contribution in [0, 0.1) is 0 Å². The summed E-state index contributed by atoms with van der Waals surface area (Å²) in [5.74, 6) is 0.577. The Labute approximate surface area is 212 Å². The van der Waals surface area contributed by atoms with Gasteiger partial charge in [-0.15, -0.1) is 0 Å². The van der Waals surface area contributed by atoms with Crippen LogP contribution in [0.25, 0.3) is 5.69 Å². The van der Waals surface area contributed by atoms with Gasteiger partial charge in [0.25, 0.3) is 0 Å². The van der Waals surface area contributed by atoms with Gasteiger partial charge < -0.3 is 15.5 Å². The van der Waals surface area contributed by atoms with Gasteiger partial charge in [-0.1, -0.05) is 70.5 Å². The van der Waals surface area contributed by atoms with E-state index < -0.39 is 0 Å². The molecule has 0 bridgehead atoms. The predicted octanol–water partition coefficient (Wildman–Crippen LogP) is 6.44. The Kier molecular flexibility index (Phi) is 8.22. The summed E-state index contributed by atoms with van der Waals surface area (Å²) in [5, 5.41) is 11.0. The van der Waals surface area contributed by atoms with Crippen LogP contribution in [-0.4, -0.2) is 39.7 Å². The average molecular weight is 496 g/mol. The maximum absolute atomic E-state index is 13.0. The molecule has 0 aliphatic rings. The van der Waals surface area contributed by atoms with Crippen molar-refractivity contribution >= 4 is 35.0 Å². The summed E-state index contributed by atoms with van der Waals surface area (Å²) < 4.78 is 1.63. The maximum Gasteiger partial charge on any atom is 0.322 e. The molecule has 0 saturated carbocycles. The van der Waals surface area contributed by atoms with Crippen LogP contribution in [-0.2, 0) is 10.2 Å². The fourth-order valence-corrected chi connectivity index (χ4v) is 3.70. The van der Waals surface area contributed by atoms with E-state index in [1.54, 1.807) is 10.7 Å². The Morgan fingerprint density at radius 1 is 1.06 bits per heavy atom. The summed E-state index contributed by atoms with van der Waals surface area (Å²) in [6.07, 6.45) is 0. The molecule has 0 aliphatic carbocycles. The number of hydrogen-bond donors (Lipinski definition) is 2. The molecule has 35 heavy (non-hydrogen) atoms. The second-order valence-corrected chi connectivity index (χ2v) is 10.2. The van der Waals surface area contributed by atoms with E-state index in [4.69, 9.17) is 16.7 Å². The lowest BCUT2D eigenvalue weighted by atomic mass is 9.92. The normalized spacial score (nSPS) is 11.4. The molecule has 186 valence electrons. The van der Waals surface area contributed by atoms with E-state index in [1.807, 2.05) is 55.5 Å². The summed E-state index contributed by atoms with van der Waals surface area (Å²) in [6, 6.07) is 16.6. The Morgan fingerprint density at radius 3 is 2.29 bits per heavy atom. The number of rotatable bonds is 7. The van der Waals surface area contributed by atoms with Gasteiger partial charge in [0.1, 0.15) is 12.4 Å². The number of aromatic nitrogens is 2. The number of amides is 3. The zero-order valence-corrected chi connectivity index (χ0v) is 22.0. The number of anilines is 2. The van der Waals surface area contributed by atoms with Crippen LogP contribution >= 0.6 is 11.6 Å². The Balaban J connectivity index is 1.75. The maximum atomic E-state index is 13.0. The van der Waals surface area contributed by atoms with Crippen LogP contribution < -0.4 is 10.6 Å². The minimum Gasteiger partial charge on any atom is -0.315 e. The zero-order chi connectivity index (χ0) is 25.8. The van der Waals surface area contributed by atoms with Crippen LogP contribution in [0.2, 0.25) is 5.02 Å². The standard InChI is InChI=1S/C27H34ClN5O2/c1-7-32(26(35)29-20-14-12-19(13-15-20)18(2)3)17-25(34)30-24-16-23(27(4,5)6)31-33(24)22-11-9-8-10-21(22)28/h8-16,18H,7,17H2,1-6H3,(H,29,35)(H,30,34). The van der Waals surface area contributed by atoms with Crippen LogP contribution in [0.3, 0.4) is 0 Å². The van der Waals surface area contributed by atoms with E-state index in [9.17, 15) is 9.59 Å². The molecular weight excluding hydrogens is 462 g/mol. The van der Waals surface area contributed by atoms with Crippen molar-refractivity contribution < 1.29 is 9.59 Å². The molecule has 0 atom stereocenters. The first kappa shape index (κ1) is 26.3. The number of carbonyl (C=O) groups excluding carboxylic acids is 2. The van der Waals surface area contributed by atoms with Crippen molar-refractivity contribution in [3.63, 3.8) is 0 Å². The van der Waals surface area contributed by atoms with Gasteiger partial charge in [-0.3, -0.25) is 4.79 Å². The molecular formula is C27H34ClN5O2. The van der Waals surface area contributed by atoms with Gasteiger partial charge in [-0.25, -0.2) is 9.48 Å². The van der Waals surface area contributed by atoms with E-state index in [-0.39, 0.29) is 23.9 Å². The molecule has 7 nitrogen and oxygen atoms in total. The second-order valence-electron chi connectivity index (χ2n) is 9.80. The fourth-order valence-electron chi connectivity index (χ4n) is 3.48. The Hall–Kier alpha value is -3.32. The summed E-state index contributed by atoms with van der Waals surface area (Å²) >= 11 is 6.41. The SMILES string of the molecule is CCN(CC(=O)Nc1cc(C(C)(C)C)nn1-c1ccccc1Cl)C(=O)Nc1ccc(C(C)C)cc1. The molecule has 3 aromatic rings. The van der Waals surface area contributed by atoms with Gasteiger partial charge in [0.05, 0.1) is 16.4 Å². The minimum atomic E-state index is -0.338. The number of likely N-dealkylation sites (N-methyl/N-ethyl adjacent to an activating group) is 1. The number of nitrogens with zero attached hydrogens (tertiary/aromatic N) is 3. The second kappa shape index (κ2) is 11.0. The monoisotopic (exact) mass is 495 g/mol.